The number of aromatic nitrogens is 1. The van der Waals surface area contributed by atoms with Gasteiger partial charge in [-0.1, -0.05) is 54.1 Å². The van der Waals surface area contributed by atoms with E-state index in [1.165, 1.54) is 34.0 Å². The number of hydrogen-bond acceptors (Lipinski definition) is 2. The lowest BCUT2D eigenvalue weighted by atomic mass is 9.94. The summed E-state index contributed by atoms with van der Waals surface area (Å²) in [6.45, 7) is 4.25. The topological polar surface area (TPSA) is 26.0 Å². The molecule has 7 rings (SSSR count). The van der Waals surface area contributed by atoms with Gasteiger partial charge in [-0.15, -0.1) is 0 Å². The molecule has 2 nitrogen and oxygen atoms in total. The minimum absolute atomic E-state index is 0.0956. The molecule has 0 aliphatic rings. The molecular weight excluding hydrogens is 440 g/mol. The van der Waals surface area contributed by atoms with Crippen molar-refractivity contribution in [2.24, 2.45) is 0 Å². The molecule has 0 bridgehead atoms. The molecule has 0 spiro atoms. The van der Waals surface area contributed by atoms with Gasteiger partial charge in [0.15, 0.2) is 11.4 Å². The van der Waals surface area contributed by atoms with E-state index < -0.39 is 11.6 Å². The Morgan fingerprint density at radius 2 is 1.49 bits per heavy atom. The highest BCUT2D eigenvalue weighted by atomic mass is 19.1. The Hall–Kier alpha value is -4.31. The van der Waals surface area contributed by atoms with E-state index >= 15 is 0 Å². The third-order valence-electron chi connectivity index (χ3n) is 6.94. The van der Waals surface area contributed by atoms with Crippen LogP contribution in [0.3, 0.4) is 0 Å². The molecule has 168 valence electrons. The lowest BCUT2D eigenvalue weighted by Crippen LogP contribution is -1.87. The van der Waals surface area contributed by atoms with E-state index in [9.17, 15) is 8.78 Å². The van der Waals surface area contributed by atoms with Crippen molar-refractivity contribution in [3.63, 3.8) is 0 Å². The van der Waals surface area contributed by atoms with E-state index in [1.807, 2.05) is 18.2 Å². The summed E-state index contributed by atoms with van der Waals surface area (Å²) in [6, 6.07) is 24.7. The largest absolute Gasteiger partial charge is 0.435 e. The van der Waals surface area contributed by atoms with Crippen LogP contribution >= 0.6 is 0 Å². The van der Waals surface area contributed by atoms with Gasteiger partial charge in [0.1, 0.15) is 5.82 Å². The Labute approximate surface area is 199 Å². The van der Waals surface area contributed by atoms with Crippen molar-refractivity contribution in [1.29, 1.82) is 0 Å². The van der Waals surface area contributed by atoms with Gasteiger partial charge in [0, 0.05) is 21.7 Å². The third kappa shape index (κ3) is 2.89. The van der Waals surface area contributed by atoms with E-state index in [4.69, 9.17) is 9.40 Å². The number of pyridine rings is 1. The van der Waals surface area contributed by atoms with E-state index in [0.717, 1.165) is 22.0 Å². The van der Waals surface area contributed by atoms with Gasteiger partial charge in [-0.2, -0.15) is 0 Å². The molecule has 0 amide bonds. The highest BCUT2D eigenvalue weighted by Gasteiger charge is 2.18. The molecule has 0 N–H and O–H groups in total. The van der Waals surface area contributed by atoms with E-state index in [1.54, 1.807) is 12.1 Å². The first-order chi connectivity index (χ1) is 17.0. The highest BCUT2D eigenvalue weighted by molar-refractivity contribution is 6.18. The number of benzene rings is 5. The second-order valence-corrected chi connectivity index (χ2v) is 9.23. The molecule has 0 unspecified atom stereocenters. The number of aryl methyl sites for hydroxylation is 2. The Balaban J connectivity index is 1.48. The van der Waals surface area contributed by atoms with Crippen molar-refractivity contribution >= 4 is 54.4 Å². The van der Waals surface area contributed by atoms with Gasteiger partial charge in [-0.25, -0.2) is 13.8 Å². The third-order valence-corrected chi connectivity index (χ3v) is 6.94. The van der Waals surface area contributed by atoms with Crippen LogP contribution in [-0.4, -0.2) is 4.98 Å². The quantitative estimate of drug-likeness (QED) is 0.229. The highest BCUT2D eigenvalue weighted by Crippen LogP contribution is 2.38. The summed E-state index contributed by atoms with van der Waals surface area (Å²) < 4.78 is 35.1. The minimum Gasteiger partial charge on any atom is -0.435 e. The number of hydrogen-bond donors (Lipinski definition) is 0. The van der Waals surface area contributed by atoms with Crippen molar-refractivity contribution in [3.8, 4) is 11.3 Å². The summed E-state index contributed by atoms with van der Waals surface area (Å²) >= 11 is 0. The SMILES string of the molecule is Cc1cc(C)c2c(ccc3ccc(-c4ccc5c(n4)oc4c(F)cc6c(F)cccc6c45)cc32)c1. The first-order valence-corrected chi connectivity index (χ1v) is 11.5. The van der Waals surface area contributed by atoms with Crippen LogP contribution in [0.5, 0.6) is 0 Å². The van der Waals surface area contributed by atoms with Gasteiger partial charge in [0.2, 0.25) is 5.71 Å². The summed E-state index contributed by atoms with van der Waals surface area (Å²) in [6.07, 6.45) is 0. The van der Waals surface area contributed by atoms with Gasteiger partial charge in [0.25, 0.3) is 0 Å². The number of fused-ring (bicyclic) bond motifs is 8. The van der Waals surface area contributed by atoms with Crippen molar-refractivity contribution in [2.75, 3.05) is 0 Å². The zero-order valence-corrected chi connectivity index (χ0v) is 19.1. The van der Waals surface area contributed by atoms with Crippen LogP contribution in [0.4, 0.5) is 8.78 Å². The molecule has 2 aromatic heterocycles. The van der Waals surface area contributed by atoms with Crippen LogP contribution in [0.1, 0.15) is 11.1 Å². The summed E-state index contributed by atoms with van der Waals surface area (Å²) in [5, 5.41) is 6.82. The fourth-order valence-corrected chi connectivity index (χ4v) is 5.43. The number of halogens is 2. The second-order valence-electron chi connectivity index (χ2n) is 9.23. The molecule has 0 saturated carbocycles. The predicted molar refractivity (Wildman–Crippen MR) is 139 cm³/mol. The van der Waals surface area contributed by atoms with Crippen molar-refractivity contribution in [2.45, 2.75) is 13.8 Å². The summed E-state index contributed by atoms with van der Waals surface area (Å²) in [5.74, 6) is -1.06. The zero-order valence-electron chi connectivity index (χ0n) is 19.1. The maximum Gasteiger partial charge on any atom is 0.228 e. The molecule has 0 saturated heterocycles. The fourth-order valence-electron chi connectivity index (χ4n) is 5.43. The molecule has 0 aliphatic heterocycles. The smallest absolute Gasteiger partial charge is 0.228 e. The molecule has 4 heteroatoms. The second kappa shape index (κ2) is 7.09. The predicted octanol–water partition coefficient (Wildman–Crippen LogP) is 9.00. The zero-order chi connectivity index (χ0) is 23.8. The van der Waals surface area contributed by atoms with Crippen molar-refractivity contribution in [3.05, 3.63) is 102 Å². The first-order valence-electron chi connectivity index (χ1n) is 11.5. The molecule has 0 fully saturated rings. The Morgan fingerprint density at radius 3 is 2.37 bits per heavy atom. The fraction of sp³-hybridized carbons (Fsp3) is 0.0645. The summed E-state index contributed by atoms with van der Waals surface area (Å²) in [4.78, 5) is 4.75. The molecule has 2 heterocycles. The molecule has 0 radical (unpaired) electrons. The van der Waals surface area contributed by atoms with Crippen LogP contribution in [0.15, 0.2) is 83.3 Å². The maximum absolute atomic E-state index is 14.9. The van der Waals surface area contributed by atoms with Gasteiger partial charge < -0.3 is 4.42 Å². The van der Waals surface area contributed by atoms with E-state index in [2.05, 4.69) is 50.2 Å². The Kier molecular flexibility index (Phi) is 4.07. The standard InChI is InChI=1S/C31H19F2NO/c1-16-12-17(2)28-20(13-16)9-7-18-6-8-19(14-23(18)28)27-11-10-22-29-21-4-3-5-25(32)24(21)15-26(33)30(29)35-31(22)34-27/h3-15H,1-2H3. The molecule has 35 heavy (non-hydrogen) atoms. The van der Waals surface area contributed by atoms with Gasteiger partial charge >= 0.3 is 0 Å². The lowest BCUT2D eigenvalue weighted by molar-refractivity contribution is 0.579. The maximum atomic E-state index is 14.9. The Morgan fingerprint density at radius 1 is 0.657 bits per heavy atom. The van der Waals surface area contributed by atoms with Gasteiger partial charge in [-0.05, 0) is 76.7 Å². The van der Waals surface area contributed by atoms with Crippen LogP contribution in [0.2, 0.25) is 0 Å². The van der Waals surface area contributed by atoms with E-state index in [-0.39, 0.29) is 11.0 Å². The van der Waals surface area contributed by atoms with Crippen molar-refractivity contribution in [1.82, 2.24) is 4.98 Å². The molecule has 0 aliphatic carbocycles. The number of nitrogens with zero attached hydrogens (tertiary/aromatic N) is 1. The van der Waals surface area contributed by atoms with Gasteiger partial charge in [0.05, 0.1) is 5.69 Å². The summed E-state index contributed by atoms with van der Waals surface area (Å²) in [7, 11) is 0. The van der Waals surface area contributed by atoms with E-state index in [0.29, 0.717) is 21.9 Å². The van der Waals surface area contributed by atoms with Crippen LogP contribution < -0.4 is 0 Å². The molecule has 5 aromatic carbocycles. The van der Waals surface area contributed by atoms with Crippen LogP contribution in [-0.2, 0) is 0 Å². The number of rotatable bonds is 1. The first kappa shape index (κ1) is 20.1. The monoisotopic (exact) mass is 459 g/mol. The Bertz CT molecular complexity index is 2000. The van der Waals surface area contributed by atoms with Crippen molar-refractivity contribution < 1.29 is 13.2 Å². The van der Waals surface area contributed by atoms with Crippen LogP contribution in [0.25, 0.3) is 65.6 Å². The molecule has 0 atom stereocenters. The van der Waals surface area contributed by atoms with Crippen LogP contribution in [0, 0.1) is 25.5 Å². The minimum atomic E-state index is -0.597. The average molecular weight is 459 g/mol. The normalized spacial score (nSPS) is 12.0. The van der Waals surface area contributed by atoms with Gasteiger partial charge in [-0.3, -0.25) is 0 Å². The lowest BCUT2D eigenvalue weighted by Gasteiger charge is -2.10. The number of furan rings is 1. The molecule has 7 aromatic rings. The average Bonchev–Trinajstić information content (AvgIpc) is 3.24. The summed E-state index contributed by atoms with van der Waals surface area (Å²) in [5.41, 5.74) is 4.58. The molecular formula is C31H19F2NO.